The van der Waals surface area contributed by atoms with Crippen LogP contribution in [0.5, 0.6) is 0 Å². The second kappa shape index (κ2) is 9.83. The van der Waals surface area contributed by atoms with Gasteiger partial charge in [-0.25, -0.2) is 0 Å². The third kappa shape index (κ3) is 7.71. The molecule has 102 valence electrons. The highest BCUT2D eigenvalue weighted by Gasteiger charge is 2.19. The fourth-order valence-electron chi connectivity index (χ4n) is 2.15. The highest BCUT2D eigenvalue weighted by atomic mass is 16.5. The van der Waals surface area contributed by atoms with Gasteiger partial charge < -0.3 is 19.3 Å². The van der Waals surface area contributed by atoms with Crippen LogP contribution in [0.2, 0.25) is 0 Å². The standard InChI is InChI=1S/C13H26O4/c1-2-15-6-7-16-8-9-17-11-12-4-3-5-13(14)10-12/h12-14H,2-11H2,1H3. The second-order valence-corrected chi connectivity index (χ2v) is 4.57. The molecule has 0 heterocycles. The molecule has 4 heteroatoms. The van der Waals surface area contributed by atoms with Gasteiger partial charge in [-0.2, -0.15) is 0 Å². The highest BCUT2D eigenvalue weighted by molar-refractivity contribution is 4.71. The van der Waals surface area contributed by atoms with Crippen molar-refractivity contribution in [2.75, 3.05) is 39.6 Å². The van der Waals surface area contributed by atoms with Crippen LogP contribution in [0.15, 0.2) is 0 Å². The molecule has 17 heavy (non-hydrogen) atoms. The Morgan fingerprint density at radius 3 is 2.41 bits per heavy atom. The minimum atomic E-state index is -0.111. The van der Waals surface area contributed by atoms with E-state index in [1.165, 1.54) is 6.42 Å². The van der Waals surface area contributed by atoms with Gasteiger partial charge in [-0.1, -0.05) is 6.42 Å². The molecule has 0 bridgehead atoms. The molecule has 1 rings (SSSR count). The first-order valence-corrected chi connectivity index (χ1v) is 6.74. The number of hydrogen-bond acceptors (Lipinski definition) is 4. The van der Waals surface area contributed by atoms with Gasteiger partial charge in [0.25, 0.3) is 0 Å². The summed E-state index contributed by atoms with van der Waals surface area (Å²) in [5.74, 6) is 0.530. The molecule has 0 aromatic heterocycles. The van der Waals surface area contributed by atoms with Crippen LogP contribution in [0.4, 0.5) is 0 Å². The Balaban J connectivity index is 1.83. The maximum atomic E-state index is 9.51. The fourth-order valence-corrected chi connectivity index (χ4v) is 2.15. The van der Waals surface area contributed by atoms with Crippen molar-refractivity contribution in [1.82, 2.24) is 0 Å². The molecule has 0 aliphatic heterocycles. The van der Waals surface area contributed by atoms with E-state index in [0.29, 0.717) is 32.3 Å². The molecule has 1 aliphatic rings. The molecular formula is C13H26O4. The molecule has 1 fully saturated rings. The molecule has 2 atom stereocenters. The van der Waals surface area contributed by atoms with Gasteiger partial charge in [0.2, 0.25) is 0 Å². The van der Waals surface area contributed by atoms with E-state index in [0.717, 1.165) is 32.5 Å². The van der Waals surface area contributed by atoms with Crippen molar-refractivity contribution in [3.05, 3.63) is 0 Å². The summed E-state index contributed by atoms with van der Waals surface area (Å²) < 4.78 is 16.1. The third-order valence-corrected chi connectivity index (χ3v) is 3.06. The van der Waals surface area contributed by atoms with Gasteiger partial charge in [0.1, 0.15) is 0 Å². The van der Waals surface area contributed by atoms with Crippen molar-refractivity contribution >= 4 is 0 Å². The van der Waals surface area contributed by atoms with Crippen molar-refractivity contribution in [3.63, 3.8) is 0 Å². The number of aliphatic hydroxyl groups excluding tert-OH is 1. The van der Waals surface area contributed by atoms with Crippen molar-refractivity contribution in [2.45, 2.75) is 38.7 Å². The lowest BCUT2D eigenvalue weighted by atomic mass is 9.88. The molecule has 1 aliphatic carbocycles. The third-order valence-electron chi connectivity index (χ3n) is 3.06. The molecule has 1 saturated carbocycles. The lowest BCUT2D eigenvalue weighted by molar-refractivity contribution is -0.00272. The summed E-state index contributed by atoms with van der Waals surface area (Å²) in [7, 11) is 0. The van der Waals surface area contributed by atoms with E-state index in [9.17, 15) is 5.11 Å². The number of hydrogen-bond donors (Lipinski definition) is 1. The van der Waals surface area contributed by atoms with Gasteiger partial charge in [-0.05, 0) is 32.1 Å². The average Bonchev–Trinajstić information content (AvgIpc) is 2.33. The minimum Gasteiger partial charge on any atom is -0.393 e. The van der Waals surface area contributed by atoms with E-state index < -0.39 is 0 Å². The zero-order chi connectivity index (χ0) is 12.3. The first-order valence-electron chi connectivity index (χ1n) is 6.74. The zero-order valence-corrected chi connectivity index (χ0v) is 10.9. The van der Waals surface area contributed by atoms with Gasteiger partial charge >= 0.3 is 0 Å². The van der Waals surface area contributed by atoms with E-state index in [-0.39, 0.29) is 6.10 Å². The van der Waals surface area contributed by atoms with Crippen LogP contribution >= 0.6 is 0 Å². The van der Waals surface area contributed by atoms with E-state index in [4.69, 9.17) is 14.2 Å². The van der Waals surface area contributed by atoms with Crippen LogP contribution in [0.3, 0.4) is 0 Å². The summed E-state index contributed by atoms with van der Waals surface area (Å²) in [6.07, 6.45) is 4.05. The predicted molar refractivity (Wildman–Crippen MR) is 66.1 cm³/mol. The van der Waals surface area contributed by atoms with Crippen molar-refractivity contribution in [3.8, 4) is 0 Å². The fraction of sp³-hybridized carbons (Fsp3) is 1.00. The first-order chi connectivity index (χ1) is 8.33. The molecule has 4 nitrogen and oxygen atoms in total. The Hall–Kier alpha value is -0.160. The van der Waals surface area contributed by atoms with Crippen LogP contribution in [0.1, 0.15) is 32.6 Å². The van der Waals surface area contributed by atoms with Crippen LogP contribution in [-0.4, -0.2) is 50.9 Å². The molecule has 2 unspecified atom stereocenters. The van der Waals surface area contributed by atoms with Crippen LogP contribution < -0.4 is 0 Å². The Labute approximate surface area is 104 Å². The van der Waals surface area contributed by atoms with Crippen molar-refractivity contribution in [1.29, 1.82) is 0 Å². The topological polar surface area (TPSA) is 47.9 Å². The monoisotopic (exact) mass is 246 g/mol. The first kappa shape index (κ1) is 14.9. The lowest BCUT2D eigenvalue weighted by Gasteiger charge is -2.25. The molecular weight excluding hydrogens is 220 g/mol. The highest BCUT2D eigenvalue weighted by Crippen LogP contribution is 2.24. The van der Waals surface area contributed by atoms with Crippen LogP contribution in [-0.2, 0) is 14.2 Å². The summed E-state index contributed by atoms with van der Waals surface area (Å²) in [6, 6.07) is 0. The Kier molecular flexibility index (Phi) is 8.61. The van der Waals surface area contributed by atoms with Crippen molar-refractivity contribution < 1.29 is 19.3 Å². The zero-order valence-electron chi connectivity index (χ0n) is 10.9. The van der Waals surface area contributed by atoms with Gasteiger partial charge in [0, 0.05) is 13.2 Å². The van der Waals surface area contributed by atoms with E-state index in [1.54, 1.807) is 0 Å². The number of rotatable bonds is 9. The lowest BCUT2D eigenvalue weighted by Crippen LogP contribution is -2.23. The van der Waals surface area contributed by atoms with Gasteiger partial charge in [-0.3, -0.25) is 0 Å². The predicted octanol–water partition coefficient (Wildman–Crippen LogP) is 1.61. The molecule has 0 aromatic carbocycles. The van der Waals surface area contributed by atoms with Gasteiger partial charge in [0.05, 0.1) is 32.5 Å². The average molecular weight is 246 g/mol. The SMILES string of the molecule is CCOCCOCCOCC1CCCC(O)C1. The minimum absolute atomic E-state index is 0.111. The van der Waals surface area contributed by atoms with Crippen LogP contribution in [0, 0.1) is 5.92 Å². The summed E-state index contributed by atoms with van der Waals surface area (Å²) in [5.41, 5.74) is 0. The maximum absolute atomic E-state index is 9.51. The van der Waals surface area contributed by atoms with Gasteiger partial charge in [0.15, 0.2) is 0 Å². The normalized spacial score (nSPS) is 25.1. The Bertz CT molecular complexity index is 175. The van der Waals surface area contributed by atoms with Gasteiger partial charge in [-0.15, -0.1) is 0 Å². The van der Waals surface area contributed by atoms with E-state index in [2.05, 4.69) is 0 Å². The Morgan fingerprint density at radius 1 is 1.00 bits per heavy atom. The Morgan fingerprint density at radius 2 is 1.71 bits per heavy atom. The molecule has 0 aromatic rings. The smallest absolute Gasteiger partial charge is 0.0701 e. The second-order valence-electron chi connectivity index (χ2n) is 4.57. The molecule has 0 saturated heterocycles. The number of ether oxygens (including phenoxy) is 3. The summed E-state index contributed by atoms with van der Waals surface area (Å²) in [5, 5.41) is 9.51. The van der Waals surface area contributed by atoms with Crippen molar-refractivity contribution in [2.24, 2.45) is 5.92 Å². The molecule has 0 spiro atoms. The summed E-state index contributed by atoms with van der Waals surface area (Å²) >= 11 is 0. The van der Waals surface area contributed by atoms with Crippen LogP contribution in [0.25, 0.3) is 0 Å². The summed E-state index contributed by atoms with van der Waals surface area (Å²) in [4.78, 5) is 0. The largest absolute Gasteiger partial charge is 0.393 e. The van der Waals surface area contributed by atoms with E-state index in [1.807, 2.05) is 6.92 Å². The molecule has 1 N–H and O–H groups in total. The van der Waals surface area contributed by atoms with E-state index >= 15 is 0 Å². The quantitative estimate of drug-likeness (QED) is 0.628. The molecule has 0 radical (unpaired) electrons. The maximum Gasteiger partial charge on any atom is 0.0701 e. The number of aliphatic hydroxyl groups is 1. The molecule has 0 amide bonds. The summed E-state index contributed by atoms with van der Waals surface area (Å²) in [6.45, 7) is 6.03.